The van der Waals surface area contributed by atoms with Crippen molar-refractivity contribution in [2.24, 2.45) is 0 Å². The third-order valence-corrected chi connectivity index (χ3v) is 2.86. The molecule has 88 valence electrons. The minimum absolute atomic E-state index is 0.0570. The van der Waals surface area contributed by atoms with Crippen molar-refractivity contribution in [3.63, 3.8) is 0 Å². The van der Waals surface area contributed by atoms with Gasteiger partial charge in [-0.3, -0.25) is 4.79 Å². The number of aliphatic hydroxyl groups excluding tert-OH is 1. The van der Waals surface area contributed by atoms with E-state index >= 15 is 0 Å². The molecule has 1 heterocycles. The highest BCUT2D eigenvalue weighted by Gasteiger charge is 2.34. The van der Waals surface area contributed by atoms with Crippen LogP contribution in [-0.2, 0) is 14.3 Å². The van der Waals surface area contributed by atoms with Crippen molar-refractivity contribution >= 4 is 5.91 Å². The fourth-order valence-corrected chi connectivity index (χ4v) is 1.55. The van der Waals surface area contributed by atoms with Gasteiger partial charge >= 0.3 is 0 Å². The highest BCUT2D eigenvalue weighted by atomic mass is 16.5. The zero-order valence-corrected chi connectivity index (χ0v) is 9.28. The highest BCUT2D eigenvalue weighted by molar-refractivity contribution is 5.81. The van der Waals surface area contributed by atoms with Crippen molar-refractivity contribution in [2.45, 2.75) is 31.4 Å². The van der Waals surface area contributed by atoms with Gasteiger partial charge in [0.25, 0.3) is 0 Å². The van der Waals surface area contributed by atoms with Gasteiger partial charge in [-0.15, -0.1) is 0 Å². The minimum Gasteiger partial charge on any atom is -0.394 e. The summed E-state index contributed by atoms with van der Waals surface area (Å²) in [5.74, 6) is -0.187. The van der Waals surface area contributed by atoms with Gasteiger partial charge in [-0.1, -0.05) is 0 Å². The predicted octanol–water partition coefficient (Wildman–Crippen LogP) is -0.321. The molecule has 0 aromatic carbocycles. The summed E-state index contributed by atoms with van der Waals surface area (Å²) in [6.07, 6.45) is 0.799. The van der Waals surface area contributed by atoms with Gasteiger partial charge in [0, 0.05) is 20.3 Å². The van der Waals surface area contributed by atoms with Crippen molar-refractivity contribution in [1.82, 2.24) is 5.32 Å². The second-order valence-corrected chi connectivity index (χ2v) is 3.92. The Kier molecular flexibility index (Phi) is 4.50. The molecule has 1 atom stereocenters. The average molecular weight is 217 g/mol. The van der Waals surface area contributed by atoms with E-state index in [1.807, 2.05) is 0 Å². The fourth-order valence-electron chi connectivity index (χ4n) is 1.55. The Labute approximate surface area is 89.8 Å². The molecule has 1 rings (SSSR count). The van der Waals surface area contributed by atoms with Crippen molar-refractivity contribution < 1.29 is 19.4 Å². The Bertz CT molecular complexity index is 213. The van der Waals surface area contributed by atoms with Crippen LogP contribution >= 0.6 is 0 Å². The Balaban J connectivity index is 2.55. The number of ether oxygens (including phenoxy) is 2. The molecule has 1 unspecified atom stereocenters. The van der Waals surface area contributed by atoms with Crippen LogP contribution in [0.25, 0.3) is 0 Å². The Morgan fingerprint density at radius 3 is 2.67 bits per heavy atom. The van der Waals surface area contributed by atoms with E-state index in [1.54, 1.807) is 6.92 Å². The van der Waals surface area contributed by atoms with Gasteiger partial charge in [-0.2, -0.15) is 0 Å². The standard InChI is InChI=1S/C10H19NO4/c1-8(14-2)9(13)11-10(7-12)3-5-15-6-4-10/h8,12H,3-7H2,1-2H3,(H,11,13). The summed E-state index contributed by atoms with van der Waals surface area (Å²) in [6.45, 7) is 2.77. The second kappa shape index (κ2) is 5.44. The first kappa shape index (κ1) is 12.4. The van der Waals surface area contributed by atoms with Gasteiger partial charge in [-0.05, 0) is 19.8 Å². The van der Waals surface area contributed by atoms with Crippen molar-refractivity contribution in [3.05, 3.63) is 0 Å². The second-order valence-electron chi connectivity index (χ2n) is 3.92. The van der Waals surface area contributed by atoms with Crippen LogP contribution in [0.2, 0.25) is 0 Å². The minimum atomic E-state index is -0.526. The van der Waals surface area contributed by atoms with E-state index in [-0.39, 0.29) is 12.5 Å². The zero-order chi connectivity index (χ0) is 11.3. The molecule has 2 N–H and O–H groups in total. The zero-order valence-electron chi connectivity index (χ0n) is 9.28. The van der Waals surface area contributed by atoms with Crippen molar-refractivity contribution in [3.8, 4) is 0 Å². The maximum Gasteiger partial charge on any atom is 0.249 e. The highest BCUT2D eigenvalue weighted by Crippen LogP contribution is 2.20. The molecule has 1 aliphatic heterocycles. The maximum absolute atomic E-state index is 11.6. The van der Waals surface area contributed by atoms with Crippen LogP contribution in [0.15, 0.2) is 0 Å². The van der Waals surface area contributed by atoms with E-state index in [4.69, 9.17) is 9.47 Å². The molecule has 0 spiro atoms. The third kappa shape index (κ3) is 3.15. The lowest BCUT2D eigenvalue weighted by molar-refractivity contribution is -0.134. The van der Waals surface area contributed by atoms with Gasteiger partial charge in [0.1, 0.15) is 6.10 Å². The van der Waals surface area contributed by atoms with Crippen LogP contribution in [0.5, 0.6) is 0 Å². The van der Waals surface area contributed by atoms with Gasteiger partial charge in [0.15, 0.2) is 0 Å². The van der Waals surface area contributed by atoms with E-state index in [2.05, 4.69) is 5.32 Å². The van der Waals surface area contributed by atoms with Crippen LogP contribution in [0.1, 0.15) is 19.8 Å². The fraction of sp³-hybridized carbons (Fsp3) is 0.900. The molecule has 0 aromatic heterocycles. The smallest absolute Gasteiger partial charge is 0.249 e. The summed E-state index contributed by atoms with van der Waals surface area (Å²) in [4.78, 5) is 11.6. The normalized spacial score (nSPS) is 22.1. The monoisotopic (exact) mass is 217 g/mol. The quantitative estimate of drug-likeness (QED) is 0.677. The number of hydrogen-bond acceptors (Lipinski definition) is 4. The number of carbonyl (C=O) groups excluding carboxylic acids is 1. The molecule has 15 heavy (non-hydrogen) atoms. The summed E-state index contributed by atoms with van der Waals surface area (Å²) in [6, 6.07) is 0. The summed E-state index contributed by atoms with van der Waals surface area (Å²) in [5.41, 5.74) is -0.526. The molecule has 1 fully saturated rings. The first-order chi connectivity index (χ1) is 7.13. The summed E-state index contributed by atoms with van der Waals surface area (Å²) < 4.78 is 10.1. The molecule has 1 amide bonds. The lowest BCUT2D eigenvalue weighted by Crippen LogP contribution is -2.56. The molecule has 1 saturated heterocycles. The molecule has 0 radical (unpaired) electrons. The molecular formula is C10H19NO4. The predicted molar refractivity (Wildman–Crippen MR) is 54.5 cm³/mol. The number of carbonyl (C=O) groups is 1. The van der Waals surface area contributed by atoms with Gasteiger partial charge in [0.05, 0.1) is 12.1 Å². The summed E-state index contributed by atoms with van der Waals surface area (Å²) >= 11 is 0. The molecular weight excluding hydrogens is 198 g/mol. The van der Waals surface area contributed by atoms with E-state index in [0.29, 0.717) is 26.1 Å². The number of methoxy groups -OCH3 is 1. The Morgan fingerprint density at radius 1 is 1.60 bits per heavy atom. The van der Waals surface area contributed by atoms with Gasteiger partial charge < -0.3 is 19.9 Å². The Hall–Kier alpha value is -0.650. The van der Waals surface area contributed by atoms with E-state index in [1.165, 1.54) is 7.11 Å². The number of amides is 1. The van der Waals surface area contributed by atoms with Crippen LogP contribution in [0.3, 0.4) is 0 Å². The number of hydrogen-bond donors (Lipinski definition) is 2. The maximum atomic E-state index is 11.6. The van der Waals surface area contributed by atoms with Crippen LogP contribution < -0.4 is 5.32 Å². The van der Waals surface area contributed by atoms with Crippen LogP contribution in [0.4, 0.5) is 0 Å². The molecule has 0 saturated carbocycles. The van der Waals surface area contributed by atoms with E-state index in [9.17, 15) is 9.90 Å². The molecule has 5 heteroatoms. The number of nitrogens with one attached hydrogen (secondary N) is 1. The first-order valence-corrected chi connectivity index (χ1v) is 5.17. The van der Waals surface area contributed by atoms with Crippen molar-refractivity contribution in [1.29, 1.82) is 0 Å². The van der Waals surface area contributed by atoms with Crippen LogP contribution in [0, 0.1) is 0 Å². The summed E-state index contributed by atoms with van der Waals surface area (Å²) in [7, 11) is 1.49. The first-order valence-electron chi connectivity index (χ1n) is 5.17. The van der Waals surface area contributed by atoms with Crippen molar-refractivity contribution in [2.75, 3.05) is 26.9 Å². The molecule has 0 aliphatic carbocycles. The number of rotatable bonds is 4. The Morgan fingerprint density at radius 2 is 2.20 bits per heavy atom. The lowest BCUT2D eigenvalue weighted by atomic mass is 9.91. The van der Waals surface area contributed by atoms with Crippen LogP contribution in [-0.4, -0.2) is 49.6 Å². The third-order valence-electron chi connectivity index (χ3n) is 2.86. The molecule has 1 aliphatic rings. The summed E-state index contributed by atoms with van der Waals surface area (Å²) in [5, 5.41) is 12.2. The lowest BCUT2D eigenvalue weighted by Gasteiger charge is -2.36. The number of aliphatic hydroxyl groups is 1. The van der Waals surface area contributed by atoms with Gasteiger partial charge in [-0.25, -0.2) is 0 Å². The SMILES string of the molecule is COC(C)C(=O)NC1(CO)CCOCC1. The van der Waals surface area contributed by atoms with E-state index < -0.39 is 11.6 Å². The van der Waals surface area contributed by atoms with E-state index in [0.717, 1.165) is 0 Å². The molecule has 0 bridgehead atoms. The molecule has 0 aromatic rings. The average Bonchev–Trinajstić information content (AvgIpc) is 2.29. The molecule has 5 nitrogen and oxygen atoms in total. The topological polar surface area (TPSA) is 67.8 Å². The van der Waals surface area contributed by atoms with Gasteiger partial charge in [0.2, 0.25) is 5.91 Å². The largest absolute Gasteiger partial charge is 0.394 e.